The van der Waals surface area contributed by atoms with Crippen LogP contribution in [0.15, 0.2) is 0 Å². The fourth-order valence-corrected chi connectivity index (χ4v) is 4.51. The maximum Gasteiger partial charge on any atom is 0.0589 e. The van der Waals surface area contributed by atoms with Gasteiger partial charge in [0.1, 0.15) is 0 Å². The summed E-state index contributed by atoms with van der Waals surface area (Å²) in [5, 5.41) is 4.82. The van der Waals surface area contributed by atoms with Crippen molar-refractivity contribution in [3.63, 3.8) is 0 Å². The van der Waals surface area contributed by atoms with Gasteiger partial charge in [-0.15, -0.1) is 0 Å². The lowest BCUT2D eigenvalue weighted by Crippen LogP contribution is -2.43. The van der Waals surface area contributed by atoms with Crippen molar-refractivity contribution >= 4 is 11.8 Å². The highest BCUT2D eigenvalue weighted by Gasteiger charge is 2.28. The van der Waals surface area contributed by atoms with E-state index in [-0.39, 0.29) is 0 Å². The van der Waals surface area contributed by atoms with Crippen LogP contribution >= 0.6 is 11.8 Å². The van der Waals surface area contributed by atoms with Crippen LogP contribution in [0.1, 0.15) is 58.8 Å². The third kappa shape index (κ3) is 4.43. The van der Waals surface area contributed by atoms with Crippen molar-refractivity contribution < 1.29 is 4.74 Å². The summed E-state index contributed by atoms with van der Waals surface area (Å²) < 4.78 is 5.83. The van der Waals surface area contributed by atoms with E-state index in [1.54, 1.807) is 0 Å². The average molecular weight is 271 g/mol. The second-order valence-electron chi connectivity index (χ2n) is 5.76. The van der Waals surface area contributed by atoms with Gasteiger partial charge in [0.25, 0.3) is 0 Å². The van der Waals surface area contributed by atoms with Crippen LogP contribution in [0, 0.1) is 0 Å². The van der Waals surface area contributed by atoms with Gasteiger partial charge in [0.15, 0.2) is 0 Å². The van der Waals surface area contributed by atoms with Crippen molar-refractivity contribution in [1.29, 1.82) is 0 Å². The van der Waals surface area contributed by atoms with Crippen LogP contribution in [-0.4, -0.2) is 35.8 Å². The van der Waals surface area contributed by atoms with Gasteiger partial charge in [-0.1, -0.05) is 20.3 Å². The average Bonchev–Trinajstić information content (AvgIpc) is 2.78. The quantitative estimate of drug-likeness (QED) is 0.797. The minimum atomic E-state index is 0.517. The Kier molecular flexibility index (Phi) is 6.33. The lowest BCUT2D eigenvalue weighted by Gasteiger charge is -2.32. The van der Waals surface area contributed by atoms with Gasteiger partial charge >= 0.3 is 0 Å². The van der Waals surface area contributed by atoms with Gasteiger partial charge in [-0.25, -0.2) is 0 Å². The third-order valence-corrected chi connectivity index (χ3v) is 5.47. The summed E-state index contributed by atoms with van der Waals surface area (Å²) in [6, 6.07) is 1.49. The van der Waals surface area contributed by atoms with E-state index in [4.69, 9.17) is 4.74 Å². The molecule has 4 atom stereocenters. The first-order chi connectivity index (χ1) is 8.81. The Morgan fingerprint density at radius 2 is 1.94 bits per heavy atom. The Hall–Kier alpha value is 0.270. The number of thioether (sulfide) groups is 1. The molecule has 18 heavy (non-hydrogen) atoms. The van der Waals surface area contributed by atoms with E-state index in [2.05, 4.69) is 30.9 Å². The van der Waals surface area contributed by atoms with Gasteiger partial charge in [-0.05, 0) is 44.3 Å². The molecule has 0 aromatic carbocycles. The molecule has 106 valence electrons. The minimum absolute atomic E-state index is 0.517. The SMILES string of the molecule is CCCC1CC(NC2CCC(SCC)C2)CCO1. The zero-order valence-electron chi connectivity index (χ0n) is 12.0. The summed E-state index contributed by atoms with van der Waals surface area (Å²) in [7, 11) is 0. The number of hydrogen-bond donors (Lipinski definition) is 1. The molecule has 3 heteroatoms. The van der Waals surface area contributed by atoms with Gasteiger partial charge in [0.05, 0.1) is 6.10 Å². The van der Waals surface area contributed by atoms with Crippen molar-refractivity contribution in [3.05, 3.63) is 0 Å². The maximum absolute atomic E-state index is 5.83. The Balaban J connectivity index is 1.69. The lowest BCUT2D eigenvalue weighted by atomic mass is 9.99. The van der Waals surface area contributed by atoms with E-state index in [1.165, 1.54) is 50.7 Å². The van der Waals surface area contributed by atoms with Gasteiger partial charge in [-0.2, -0.15) is 11.8 Å². The zero-order valence-corrected chi connectivity index (χ0v) is 12.8. The summed E-state index contributed by atoms with van der Waals surface area (Å²) in [4.78, 5) is 0. The first-order valence-corrected chi connectivity index (χ1v) is 8.86. The number of nitrogens with one attached hydrogen (secondary N) is 1. The number of ether oxygens (including phenoxy) is 1. The lowest BCUT2D eigenvalue weighted by molar-refractivity contribution is -0.00486. The first kappa shape index (κ1) is 14.7. The molecule has 1 saturated carbocycles. The van der Waals surface area contributed by atoms with Gasteiger partial charge in [-0.3, -0.25) is 0 Å². The fourth-order valence-electron chi connectivity index (χ4n) is 3.37. The molecule has 1 heterocycles. The third-order valence-electron chi connectivity index (χ3n) is 4.24. The zero-order chi connectivity index (χ0) is 12.8. The molecule has 0 spiro atoms. The van der Waals surface area contributed by atoms with Crippen molar-refractivity contribution in [3.8, 4) is 0 Å². The van der Waals surface area contributed by atoms with Crippen LogP contribution in [0.3, 0.4) is 0 Å². The summed E-state index contributed by atoms with van der Waals surface area (Å²) in [5.74, 6) is 1.27. The molecule has 4 unspecified atom stereocenters. The Morgan fingerprint density at radius 1 is 1.11 bits per heavy atom. The molecular weight excluding hydrogens is 242 g/mol. The van der Waals surface area contributed by atoms with E-state index < -0.39 is 0 Å². The van der Waals surface area contributed by atoms with E-state index in [9.17, 15) is 0 Å². The highest BCUT2D eigenvalue weighted by atomic mass is 32.2. The topological polar surface area (TPSA) is 21.3 Å². The van der Waals surface area contributed by atoms with Crippen LogP contribution in [-0.2, 0) is 4.74 Å². The Bertz CT molecular complexity index is 235. The predicted molar refractivity (Wildman–Crippen MR) is 80.4 cm³/mol. The van der Waals surface area contributed by atoms with Gasteiger partial charge in [0.2, 0.25) is 0 Å². The Morgan fingerprint density at radius 3 is 2.72 bits per heavy atom. The van der Waals surface area contributed by atoms with Crippen LogP contribution in [0.4, 0.5) is 0 Å². The van der Waals surface area contributed by atoms with Crippen molar-refractivity contribution in [2.24, 2.45) is 0 Å². The highest BCUT2D eigenvalue weighted by Crippen LogP contribution is 2.30. The summed E-state index contributed by atoms with van der Waals surface area (Å²) in [6.07, 6.45) is 9.62. The molecule has 0 aromatic rings. The van der Waals surface area contributed by atoms with Crippen LogP contribution in [0.5, 0.6) is 0 Å². The van der Waals surface area contributed by atoms with Crippen LogP contribution in [0.2, 0.25) is 0 Å². The first-order valence-electron chi connectivity index (χ1n) is 7.81. The molecule has 2 fully saturated rings. The molecule has 1 saturated heterocycles. The predicted octanol–water partition coefficient (Wildman–Crippen LogP) is 3.60. The number of hydrogen-bond acceptors (Lipinski definition) is 3. The molecule has 2 nitrogen and oxygen atoms in total. The summed E-state index contributed by atoms with van der Waals surface area (Å²) in [6.45, 7) is 5.49. The van der Waals surface area contributed by atoms with Crippen LogP contribution in [0.25, 0.3) is 0 Å². The molecule has 0 bridgehead atoms. The largest absolute Gasteiger partial charge is 0.378 e. The molecule has 0 amide bonds. The maximum atomic E-state index is 5.83. The second kappa shape index (κ2) is 7.76. The Labute approximate surface area is 117 Å². The minimum Gasteiger partial charge on any atom is -0.378 e. The van der Waals surface area contributed by atoms with Crippen molar-refractivity contribution in [1.82, 2.24) is 5.32 Å². The van der Waals surface area contributed by atoms with E-state index >= 15 is 0 Å². The standard InChI is InChI=1S/C15H29NOS/c1-3-5-14-10-13(8-9-17-14)16-12-6-7-15(11-12)18-4-2/h12-16H,3-11H2,1-2H3. The van der Waals surface area contributed by atoms with Gasteiger partial charge in [0, 0.05) is 23.9 Å². The van der Waals surface area contributed by atoms with Crippen molar-refractivity contribution in [2.75, 3.05) is 12.4 Å². The molecule has 0 radical (unpaired) electrons. The smallest absolute Gasteiger partial charge is 0.0589 e. The summed E-state index contributed by atoms with van der Waals surface area (Å²) in [5.41, 5.74) is 0. The molecule has 1 aliphatic heterocycles. The summed E-state index contributed by atoms with van der Waals surface area (Å²) >= 11 is 2.15. The highest BCUT2D eigenvalue weighted by molar-refractivity contribution is 7.99. The molecule has 1 N–H and O–H groups in total. The van der Waals surface area contributed by atoms with Crippen molar-refractivity contribution in [2.45, 2.75) is 82.2 Å². The van der Waals surface area contributed by atoms with E-state index in [0.717, 1.165) is 17.9 Å². The molecule has 1 aliphatic carbocycles. The van der Waals surface area contributed by atoms with Crippen LogP contribution < -0.4 is 5.32 Å². The monoisotopic (exact) mass is 271 g/mol. The molecular formula is C15H29NOS. The normalized spacial score (nSPS) is 37.0. The fraction of sp³-hybridized carbons (Fsp3) is 1.00. The number of rotatable bonds is 6. The molecule has 0 aromatic heterocycles. The van der Waals surface area contributed by atoms with E-state index in [1.807, 2.05) is 0 Å². The molecule has 2 rings (SSSR count). The van der Waals surface area contributed by atoms with Gasteiger partial charge < -0.3 is 10.1 Å². The molecule has 2 aliphatic rings. The second-order valence-corrected chi connectivity index (χ2v) is 7.33. The van der Waals surface area contributed by atoms with E-state index in [0.29, 0.717) is 12.1 Å².